The second kappa shape index (κ2) is 8.97. The van der Waals surface area contributed by atoms with Gasteiger partial charge in [-0.05, 0) is 0 Å². The molecule has 25 heavy (non-hydrogen) atoms. The third-order valence-corrected chi connectivity index (χ3v) is 15.3. The predicted molar refractivity (Wildman–Crippen MR) is 104 cm³/mol. The summed E-state index contributed by atoms with van der Waals surface area (Å²) in [6, 6.07) is 12.7. The summed E-state index contributed by atoms with van der Waals surface area (Å²) in [5.41, 5.74) is 0.761. The molecule has 2 rings (SSSR count). The second-order valence-corrected chi connectivity index (χ2v) is 17.0. The molecule has 0 atom stereocenters. The molecule has 0 amide bonds. The molecule has 0 aliphatic heterocycles. The van der Waals surface area contributed by atoms with E-state index in [0.29, 0.717) is 36.3 Å². The van der Waals surface area contributed by atoms with Gasteiger partial charge in [0.2, 0.25) is 0 Å². The number of benzene rings is 2. The number of hydrogen-bond acceptors (Lipinski definition) is 3. The summed E-state index contributed by atoms with van der Waals surface area (Å²) in [5.74, 6) is 0. The third kappa shape index (κ3) is 4.52. The van der Waals surface area contributed by atoms with E-state index in [2.05, 4.69) is 0 Å². The molecule has 2 aromatic rings. The normalized spacial score (nSPS) is 11.2. The van der Waals surface area contributed by atoms with Gasteiger partial charge in [0, 0.05) is 0 Å². The fourth-order valence-corrected chi connectivity index (χ4v) is 12.2. The first-order valence-corrected chi connectivity index (χ1v) is 15.3. The van der Waals surface area contributed by atoms with Gasteiger partial charge in [0.15, 0.2) is 0 Å². The summed E-state index contributed by atoms with van der Waals surface area (Å²) >= 11 is 7.27. The van der Waals surface area contributed by atoms with Gasteiger partial charge in [-0.15, -0.1) is 0 Å². The maximum absolute atomic E-state index is 13.2. The molecule has 0 fully saturated rings. The Morgan fingerprint density at radius 3 is 1.60 bits per heavy atom. The van der Waals surface area contributed by atoms with Crippen LogP contribution in [0.25, 0.3) is 0 Å². The van der Waals surface area contributed by atoms with Crippen molar-refractivity contribution >= 4 is 53.5 Å². The van der Waals surface area contributed by atoms with E-state index in [-0.39, 0.29) is 7.60 Å². The van der Waals surface area contributed by atoms with E-state index < -0.39 is 18.4 Å². The van der Waals surface area contributed by atoms with Crippen LogP contribution in [0.3, 0.4) is 0 Å². The summed E-state index contributed by atoms with van der Waals surface area (Å²) in [6.07, 6.45) is 1.49. The Morgan fingerprint density at radius 1 is 0.880 bits per heavy atom. The summed E-state index contributed by atoms with van der Waals surface area (Å²) in [6.45, 7) is 1.97. The minimum absolute atomic E-state index is 0.297. The van der Waals surface area contributed by atoms with Crippen LogP contribution in [0, 0.1) is 0 Å². The Kier molecular flexibility index (Phi) is 7.23. The molecule has 0 aliphatic rings. The van der Waals surface area contributed by atoms with Crippen LogP contribution in [0.1, 0.15) is 40.5 Å². The van der Waals surface area contributed by atoms with Crippen molar-refractivity contribution in [2.24, 2.45) is 0 Å². The number of carbonyl (C=O) groups is 3. The van der Waals surface area contributed by atoms with Crippen molar-refractivity contribution in [3.63, 3.8) is 0 Å². The van der Waals surface area contributed by atoms with Gasteiger partial charge in [-0.25, -0.2) is 0 Å². The average molecular weight is 484 g/mol. The summed E-state index contributed by atoms with van der Waals surface area (Å²) in [5, 5.41) is 1.00. The summed E-state index contributed by atoms with van der Waals surface area (Å²) in [4.78, 5) is 38.4. The quantitative estimate of drug-likeness (QED) is 0.385. The van der Waals surface area contributed by atoms with E-state index in [4.69, 9.17) is 23.2 Å². The molecule has 0 saturated heterocycles. The number of carbonyl (C=O) groups excluding carboxylic acids is 3. The number of halogens is 2. The standard InChI is InChI=1S/2C7H4ClO.C4H9.CHO.Sn/c2*8-7-3-1-6(5-9)2-4-7;1-3-4-2;1-2;/h2*1-4H;1,3-4H2,2H3;1H;. The maximum atomic E-state index is 13.2. The first-order valence-electron chi connectivity index (χ1n) is 8.01. The van der Waals surface area contributed by atoms with Crippen molar-refractivity contribution in [1.29, 1.82) is 0 Å². The summed E-state index contributed by atoms with van der Waals surface area (Å²) < 4.78 is 0.472. The zero-order valence-electron chi connectivity index (χ0n) is 13.8. The Morgan fingerprint density at radius 2 is 1.28 bits per heavy atom. The Balaban J connectivity index is 2.50. The van der Waals surface area contributed by atoms with Crippen LogP contribution in [0.5, 0.6) is 0 Å². The molecule has 6 heteroatoms. The van der Waals surface area contributed by atoms with Crippen molar-refractivity contribution in [1.82, 2.24) is 0 Å². The van der Waals surface area contributed by atoms with Crippen LogP contribution >= 0.6 is 23.2 Å². The number of hydrogen-bond donors (Lipinski definition) is 0. The Labute approximate surface area is 161 Å². The van der Waals surface area contributed by atoms with Crippen LogP contribution in [0.15, 0.2) is 48.5 Å². The molecule has 0 aromatic heterocycles. The molecule has 0 heterocycles. The van der Waals surface area contributed by atoms with E-state index >= 15 is 0 Å². The van der Waals surface area contributed by atoms with Crippen molar-refractivity contribution < 1.29 is 14.4 Å². The first kappa shape index (κ1) is 20.1. The van der Waals surface area contributed by atoms with Gasteiger partial charge < -0.3 is 0 Å². The molecule has 0 saturated carbocycles. The van der Waals surface area contributed by atoms with E-state index in [1.54, 1.807) is 48.5 Å². The van der Waals surface area contributed by atoms with Crippen molar-refractivity contribution in [3.05, 3.63) is 69.7 Å². The van der Waals surface area contributed by atoms with Crippen molar-refractivity contribution in [2.45, 2.75) is 24.2 Å². The SMILES string of the molecule is CCC[CH2][Sn]([CH]=O)([C](=O)c1ccc(Cl)cc1)[C](=O)c1ccc(Cl)cc1. The first-order chi connectivity index (χ1) is 11.9. The fraction of sp³-hybridized carbons (Fsp3) is 0.211. The van der Waals surface area contributed by atoms with Gasteiger partial charge in [0.1, 0.15) is 0 Å². The molecule has 0 radical (unpaired) electrons. The van der Waals surface area contributed by atoms with Crippen molar-refractivity contribution in [2.75, 3.05) is 0 Å². The molecule has 130 valence electrons. The molecule has 0 aliphatic carbocycles. The fourth-order valence-electron chi connectivity index (χ4n) is 2.67. The van der Waals surface area contributed by atoms with Gasteiger partial charge in [-0.2, -0.15) is 0 Å². The molecule has 3 nitrogen and oxygen atoms in total. The van der Waals surface area contributed by atoms with Crippen molar-refractivity contribution in [3.8, 4) is 0 Å². The van der Waals surface area contributed by atoms with Crippen LogP contribution in [0.2, 0.25) is 14.5 Å². The Bertz CT molecular complexity index is 713. The van der Waals surface area contributed by atoms with Gasteiger partial charge in [-0.3, -0.25) is 0 Å². The van der Waals surface area contributed by atoms with Crippen LogP contribution in [-0.4, -0.2) is 30.3 Å². The molecule has 0 spiro atoms. The van der Waals surface area contributed by atoms with Crippen LogP contribution < -0.4 is 0 Å². The van der Waals surface area contributed by atoms with Gasteiger partial charge in [0.25, 0.3) is 0 Å². The van der Waals surface area contributed by atoms with E-state index in [0.717, 1.165) is 6.42 Å². The predicted octanol–water partition coefficient (Wildman–Crippen LogP) is 5.16. The molecule has 2 aromatic carbocycles. The van der Waals surface area contributed by atoms with Crippen LogP contribution in [0.4, 0.5) is 0 Å². The second-order valence-electron chi connectivity index (χ2n) is 5.86. The minimum atomic E-state index is -4.49. The average Bonchev–Trinajstić information content (AvgIpc) is 2.63. The molecule has 0 unspecified atom stereocenters. The molecular weight excluding hydrogens is 466 g/mol. The summed E-state index contributed by atoms with van der Waals surface area (Å²) in [7, 11) is 0. The number of rotatable bonds is 8. The van der Waals surface area contributed by atoms with Gasteiger partial charge >= 0.3 is 162 Å². The molecule has 0 N–H and O–H groups in total. The van der Waals surface area contributed by atoms with Crippen LogP contribution in [-0.2, 0) is 4.79 Å². The topological polar surface area (TPSA) is 51.2 Å². The van der Waals surface area contributed by atoms with Gasteiger partial charge in [-0.1, -0.05) is 0 Å². The number of unbranched alkanes of at least 4 members (excludes halogenated alkanes) is 1. The molecular formula is C19H18Cl2O3Sn. The molecule has 0 bridgehead atoms. The zero-order valence-corrected chi connectivity index (χ0v) is 18.2. The van der Waals surface area contributed by atoms with E-state index in [1.807, 2.05) is 6.92 Å². The zero-order chi connectivity index (χ0) is 18.4. The van der Waals surface area contributed by atoms with E-state index in [1.165, 1.54) is 0 Å². The monoisotopic (exact) mass is 484 g/mol. The van der Waals surface area contributed by atoms with E-state index in [9.17, 15) is 14.4 Å². The van der Waals surface area contributed by atoms with Gasteiger partial charge in [0.05, 0.1) is 0 Å². The Hall–Kier alpha value is -1.17. The third-order valence-electron chi connectivity index (χ3n) is 4.15.